The minimum atomic E-state index is -0.262. The highest BCUT2D eigenvalue weighted by molar-refractivity contribution is 5.93. The highest BCUT2D eigenvalue weighted by Crippen LogP contribution is 2.20. The van der Waals surface area contributed by atoms with Gasteiger partial charge < -0.3 is 10.6 Å². The van der Waals surface area contributed by atoms with E-state index in [0.717, 1.165) is 30.6 Å². The van der Waals surface area contributed by atoms with Crippen molar-refractivity contribution in [3.05, 3.63) is 66.2 Å². The van der Waals surface area contributed by atoms with E-state index >= 15 is 0 Å². The third-order valence-corrected chi connectivity index (χ3v) is 3.73. The van der Waals surface area contributed by atoms with Crippen LogP contribution in [0.5, 0.6) is 0 Å². The summed E-state index contributed by atoms with van der Waals surface area (Å²) in [6, 6.07) is 19.4. The van der Waals surface area contributed by atoms with Crippen LogP contribution in [-0.4, -0.2) is 12.5 Å². The Balaban J connectivity index is 2.09. The van der Waals surface area contributed by atoms with Gasteiger partial charge in [0.05, 0.1) is 0 Å². The Morgan fingerprint density at radius 3 is 2.23 bits per heavy atom. The van der Waals surface area contributed by atoms with E-state index in [0.29, 0.717) is 6.42 Å². The molecule has 0 aromatic heterocycles. The molecule has 2 N–H and O–H groups in total. The van der Waals surface area contributed by atoms with Gasteiger partial charge in [-0.1, -0.05) is 61.9 Å². The third-order valence-electron chi connectivity index (χ3n) is 3.73. The zero-order chi connectivity index (χ0) is 15.8. The molecule has 0 aliphatic heterocycles. The van der Waals surface area contributed by atoms with Gasteiger partial charge in [0.25, 0.3) is 0 Å². The van der Waals surface area contributed by atoms with Gasteiger partial charge in [-0.3, -0.25) is 4.79 Å². The maximum atomic E-state index is 12.7. The fraction of sp³-hybridized carbons (Fsp3) is 0.316. The molecule has 2 aromatic carbocycles. The molecule has 3 heteroatoms. The molecule has 2 aromatic rings. The largest absolute Gasteiger partial charge is 0.324 e. The number of amides is 1. The number of nitrogens with two attached hydrogens (primary N) is 1. The van der Waals surface area contributed by atoms with Crippen LogP contribution in [0.2, 0.25) is 0 Å². The second-order valence-corrected chi connectivity index (χ2v) is 5.46. The van der Waals surface area contributed by atoms with E-state index in [1.165, 1.54) is 0 Å². The molecule has 0 aliphatic rings. The van der Waals surface area contributed by atoms with E-state index in [2.05, 4.69) is 6.92 Å². The molecule has 0 aliphatic carbocycles. The van der Waals surface area contributed by atoms with Crippen LogP contribution in [0.3, 0.4) is 0 Å². The Morgan fingerprint density at radius 2 is 1.64 bits per heavy atom. The first-order valence-electron chi connectivity index (χ1n) is 7.88. The molecule has 0 radical (unpaired) electrons. The molecule has 116 valence electrons. The number of rotatable bonds is 7. The summed E-state index contributed by atoms with van der Waals surface area (Å²) in [7, 11) is 0. The molecular weight excluding hydrogens is 272 g/mol. The van der Waals surface area contributed by atoms with Crippen molar-refractivity contribution >= 4 is 11.6 Å². The Hall–Kier alpha value is -2.13. The summed E-state index contributed by atoms with van der Waals surface area (Å²) in [5.41, 5.74) is 8.14. The Kier molecular flexibility index (Phi) is 6.16. The molecule has 22 heavy (non-hydrogen) atoms. The maximum absolute atomic E-state index is 12.7. The molecule has 0 spiro atoms. The van der Waals surface area contributed by atoms with Crippen molar-refractivity contribution < 1.29 is 4.79 Å². The number of hydrogen-bond acceptors (Lipinski definition) is 2. The van der Waals surface area contributed by atoms with Crippen LogP contribution in [-0.2, 0) is 4.79 Å². The van der Waals surface area contributed by atoms with Crippen LogP contribution in [0.25, 0.3) is 0 Å². The molecule has 0 bridgehead atoms. The summed E-state index contributed by atoms with van der Waals surface area (Å²) in [6.07, 6.45) is 2.37. The maximum Gasteiger partial charge on any atom is 0.228 e. The van der Waals surface area contributed by atoms with Gasteiger partial charge in [-0.25, -0.2) is 0 Å². The van der Waals surface area contributed by atoms with E-state index in [4.69, 9.17) is 5.73 Å². The molecule has 1 unspecified atom stereocenters. The van der Waals surface area contributed by atoms with Crippen molar-refractivity contribution in [1.82, 2.24) is 0 Å². The van der Waals surface area contributed by atoms with Gasteiger partial charge in [-0.15, -0.1) is 0 Å². The number of carbonyl (C=O) groups is 1. The van der Waals surface area contributed by atoms with Gasteiger partial charge in [0.2, 0.25) is 5.91 Å². The average molecular weight is 296 g/mol. The zero-order valence-corrected chi connectivity index (χ0v) is 13.1. The van der Waals surface area contributed by atoms with Gasteiger partial charge in [0.15, 0.2) is 0 Å². The highest BCUT2D eigenvalue weighted by atomic mass is 16.2. The summed E-state index contributed by atoms with van der Waals surface area (Å²) in [4.78, 5) is 14.5. The Morgan fingerprint density at radius 1 is 1.05 bits per heavy atom. The molecular formula is C19H24N2O. The van der Waals surface area contributed by atoms with E-state index < -0.39 is 0 Å². The van der Waals surface area contributed by atoms with Crippen molar-refractivity contribution in [2.75, 3.05) is 11.4 Å². The van der Waals surface area contributed by atoms with Gasteiger partial charge in [-0.05, 0) is 24.1 Å². The minimum Gasteiger partial charge on any atom is -0.324 e. The second kappa shape index (κ2) is 8.35. The lowest BCUT2D eigenvalue weighted by Gasteiger charge is -2.24. The number of anilines is 1. The lowest BCUT2D eigenvalue weighted by molar-refractivity contribution is -0.119. The predicted molar refractivity (Wildman–Crippen MR) is 91.7 cm³/mol. The number of benzene rings is 2. The molecule has 0 heterocycles. The first-order chi connectivity index (χ1) is 10.7. The molecule has 3 nitrogen and oxygen atoms in total. The smallest absolute Gasteiger partial charge is 0.228 e. The second-order valence-electron chi connectivity index (χ2n) is 5.46. The quantitative estimate of drug-likeness (QED) is 0.842. The van der Waals surface area contributed by atoms with Crippen LogP contribution in [0.1, 0.15) is 37.8 Å². The number of para-hydroxylation sites is 1. The minimum absolute atomic E-state index is 0.0796. The van der Waals surface area contributed by atoms with Crippen LogP contribution < -0.4 is 10.6 Å². The van der Waals surface area contributed by atoms with E-state index in [1.807, 2.05) is 65.6 Å². The molecule has 2 rings (SSSR count). The summed E-state index contributed by atoms with van der Waals surface area (Å²) in [5, 5.41) is 0. The van der Waals surface area contributed by atoms with Crippen LogP contribution >= 0.6 is 0 Å². The van der Waals surface area contributed by atoms with E-state index in [9.17, 15) is 4.79 Å². The number of unbranched alkanes of at least 4 members (excludes halogenated alkanes) is 1. The fourth-order valence-electron chi connectivity index (χ4n) is 2.44. The van der Waals surface area contributed by atoms with Gasteiger partial charge in [0, 0.05) is 24.7 Å². The van der Waals surface area contributed by atoms with Crippen molar-refractivity contribution in [3.63, 3.8) is 0 Å². The van der Waals surface area contributed by atoms with E-state index in [-0.39, 0.29) is 11.9 Å². The standard InChI is InChI=1S/C19H24N2O/c1-2-3-14-21(17-12-8-5-9-13-17)19(22)15-18(20)16-10-6-4-7-11-16/h4-13,18H,2-3,14-15,20H2,1H3. The highest BCUT2D eigenvalue weighted by Gasteiger charge is 2.18. The predicted octanol–water partition coefficient (Wildman–Crippen LogP) is 3.91. The summed E-state index contributed by atoms with van der Waals surface area (Å²) in [6.45, 7) is 2.87. The van der Waals surface area contributed by atoms with Crippen molar-refractivity contribution in [3.8, 4) is 0 Å². The molecule has 0 saturated heterocycles. The Bertz CT molecular complexity index is 569. The number of carbonyl (C=O) groups excluding carboxylic acids is 1. The van der Waals surface area contributed by atoms with Gasteiger partial charge in [-0.2, -0.15) is 0 Å². The van der Waals surface area contributed by atoms with E-state index in [1.54, 1.807) is 0 Å². The molecule has 1 atom stereocenters. The monoisotopic (exact) mass is 296 g/mol. The van der Waals surface area contributed by atoms with Gasteiger partial charge >= 0.3 is 0 Å². The van der Waals surface area contributed by atoms with Gasteiger partial charge in [0.1, 0.15) is 0 Å². The van der Waals surface area contributed by atoms with Crippen LogP contribution in [0.15, 0.2) is 60.7 Å². The average Bonchev–Trinajstić information content (AvgIpc) is 2.57. The number of nitrogens with zero attached hydrogens (tertiary/aromatic N) is 1. The molecule has 0 fully saturated rings. The topological polar surface area (TPSA) is 46.3 Å². The third kappa shape index (κ3) is 4.43. The zero-order valence-electron chi connectivity index (χ0n) is 13.1. The molecule has 0 saturated carbocycles. The SMILES string of the molecule is CCCCN(C(=O)CC(N)c1ccccc1)c1ccccc1. The van der Waals surface area contributed by atoms with Crippen molar-refractivity contribution in [2.24, 2.45) is 5.73 Å². The number of hydrogen-bond donors (Lipinski definition) is 1. The lowest BCUT2D eigenvalue weighted by atomic mass is 10.0. The summed E-state index contributed by atoms with van der Waals surface area (Å²) in [5.74, 6) is 0.0796. The van der Waals surface area contributed by atoms with Crippen molar-refractivity contribution in [1.29, 1.82) is 0 Å². The molecule has 1 amide bonds. The lowest BCUT2D eigenvalue weighted by Crippen LogP contribution is -2.34. The first-order valence-corrected chi connectivity index (χ1v) is 7.88. The summed E-state index contributed by atoms with van der Waals surface area (Å²) >= 11 is 0. The summed E-state index contributed by atoms with van der Waals surface area (Å²) < 4.78 is 0. The first kappa shape index (κ1) is 16.2. The van der Waals surface area contributed by atoms with Crippen LogP contribution in [0.4, 0.5) is 5.69 Å². The fourth-order valence-corrected chi connectivity index (χ4v) is 2.44. The normalized spacial score (nSPS) is 11.9. The van der Waals surface area contributed by atoms with Crippen LogP contribution in [0, 0.1) is 0 Å². The van der Waals surface area contributed by atoms with Crippen molar-refractivity contribution in [2.45, 2.75) is 32.2 Å². The Labute approximate surface area is 132 Å².